The van der Waals surface area contributed by atoms with Gasteiger partial charge in [-0.05, 0) is 61.3 Å². The fraction of sp³-hybridized carbons (Fsp3) is 0.231. The standard InChI is InChI=1S/C26H26FNO3S/c1-18(13-20(3)26(29)31-27)14-23-17-32-25(28-23)19(2)15-21-9-11-24(12-10-21)30-16-22-7-5-4-6-8-22/h4-14,17,19H,15-16H2,1-3H3/b18-14+,20-13-. The van der Waals surface area contributed by atoms with E-state index in [0.29, 0.717) is 6.61 Å². The van der Waals surface area contributed by atoms with Crippen LogP contribution in [0, 0.1) is 0 Å². The first-order chi connectivity index (χ1) is 15.4. The molecule has 0 aliphatic heterocycles. The molecule has 3 rings (SSSR count). The molecule has 1 aromatic heterocycles. The minimum absolute atomic E-state index is 0.196. The third kappa shape index (κ3) is 6.89. The van der Waals surface area contributed by atoms with Gasteiger partial charge in [-0.1, -0.05) is 49.4 Å². The number of rotatable bonds is 9. The minimum Gasteiger partial charge on any atom is -0.489 e. The van der Waals surface area contributed by atoms with Gasteiger partial charge < -0.3 is 4.74 Å². The van der Waals surface area contributed by atoms with Gasteiger partial charge in [-0.2, -0.15) is 0 Å². The number of benzene rings is 2. The van der Waals surface area contributed by atoms with Gasteiger partial charge in [-0.25, -0.2) is 14.7 Å². The first kappa shape index (κ1) is 23.4. The van der Waals surface area contributed by atoms with Gasteiger partial charge in [-0.15, -0.1) is 11.3 Å². The highest BCUT2D eigenvalue weighted by molar-refractivity contribution is 7.09. The summed E-state index contributed by atoms with van der Waals surface area (Å²) in [7, 11) is 0. The largest absolute Gasteiger partial charge is 0.489 e. The Morgan fingerprint density at radius 3 is 2.50 bits per heavy atom. The lowest BCUT2D eigenvalue weighted by atomic mass is 10.0. The molecule has 1 unspecified atom stereocenters. The summed E-state index contributed by atoms with van der Waals surface area (Å²) in [6.07, 6.45) is 4.31. The number of carbonyl (C=O) groups excluding carboxylic acids is 1. The van der Waals surface area contributed by atoms with Gasteiger partial charge in [-0.3, -0.25) is 0 Å². The second-order valence-electron chi connectivity index (χ2n) is 7.71. The van der Waals surface area contributed by atoms with Crippen LogP contribution in [0.3, 0.4) is 0 Å². The van der Waals surface area contributed by atoms with Crippen LogP contribution in [0.4, 0.5) is 4.53 Å². The van der Waals surface area contributed by atoms with E-state index in [1.54, 1.807) is 17.4 Å². The van der Waals surface area contributed by atoms with Gasteiger partial charge in [0.2, 0.25) is 0 Å². The fourth-order valence-corrected chi connectivity index (χ4v) is 4.07. The molecule has 0 spiro atoms. The lowest BCUT2D eigenvalue weighted by Gasteiger charge is -2.10. The van der Waals surface area contributed by atoms with Crippen LogP contribution in [0.2, 0.25) is 0 Å². The predicted molar refractivity (Wildman–Crippen MR) is 126 cm³/mol. The van der Waals surface area contributed by atoms with Crippen molar-refractivity contribution in [2.24, 2.45) is 0 Å². The van der Waals surface area contributed by atoms with Crippen LogP contribution in [0.5, 0.6) is 5.75 Å². The Kier molecular flexibility index (Phi) is 8.34. The van der Waals surface area contributed by atoms with Gasteiger partial charge in [0.05, 0.1) is 10.7 Å². The molecule has 0 amide bonds. The summed E-state index contributed by atoms with van der Waals surface area (Å²) in [5, 5.41) is 3.02. The maximum atomic E-state index is 12.0. The van der Waals surface area contributed by atoms with E-state index >= 15 is 0 Å². The summed E-state index contributed by atoms with van der Waals surface area (Å²) in [6.45, 7) is 6.04. The molecular weight excluding hydrogens is 425 g/mol. The molecule has 2 aromatic carbocycles. The van der Waals surface area contributed by atoms with Crippen molar-refractivity contribution in [3.63, 3.8) is 0 Å². The number of allylic oxidation sites excluding steroid dienone is 2. The maximum absolute atomic E-state index is 12.0. The minimum atomic E-state index is -0.984. The summed E-state index contributed by atoms with van der Waals surface area (Å²) < 4.78 is 17.8. The van der Waals surface area contributed by atoms with Crippen LogP contribution in [0.25, 0.3) is 6.08 Å². The Morgan fingerprint density at radius 1 is 1.09 bits per heavy atom. The Morgan fingerprint density at radius 2 is 1.81 bits per heavy atom. The first-order valence-corrected chi connectivity index (χ1v) is 11.2. The monoisotopic (exact) mass is 451 g/mol. The molecule has 0 aliphatic rings. The van der Waals surface area contributed by atoms with Gasteiger partial charge in [0.25, 0.3) is 0 Å². The SMILES string of the molecule is C/C(=C/C(C)=C/c1csc(C(C)Cc2ccc(OCc3ccccc3)cc2)n1)C(=O)OF. The smallest absolute Gasteiger partial charge is 0.375 e. The van der Waals surface area contributed by atoms with Crippen LogP contribution in [-0.2, 0) is 22.8 Å². The van der Waals surface area contributed by atoms with Crippen molar-refractivity contribution in [3.05, 3.63) is 99.0 Å². The normalized spacial score (nSPS) is 13.0. The first-order valence-electron chi connectivity index (χ1n) is 10.3. The zero-order valence-corrected chi connectivity index (χ0v) is 19.2. The van der Waals surface area contributed by atoms with E-state index in [0.717, 1.165) is 34.0 Å². The molecular formula is C26H26FNO3S. The van der Waals surface area contributed by atoms with Crippen LogP contribution < -0.4 is 4.74 Å². The van der Waals surface area contributed by atoms with Crippen molar-refractivity contribution < 1.29 is 19.0 Å². The van der Waals surface area contributed by atoms with Crippen molar-refractivity contribution in [2.45, 2.75) is 39.7 Å². The number of hydrogen-bond acceptors (Lipinski definition) is 5. The van der Waals surface area contributed by atoms with E-state index in [4.69, 9.17) is 9.72 Å². The molecule has 6 heteroatoms. The van der Waals surface area contributed by atoms with Crippen LogP contribution in [0.15, 0.2) is 77.2 Å². The highest BCUT2D eigenvalue weighted by atomic mass is 32.1. The lowest BCUT2D eigenvalue weighted by Crippen LogP contribution is -1.99. The van der Waals surface area contributed by atoms with Crippen molar-refractivity contribution in [2.75, 3.05) is 0 Å². The summed E-state index contributed by atoms with van der Waals surface area (Å²) in [5.41, 5.74) is 4.17. The van der Waals surface area contributed by atoms with Crippen LogP contribution in [-0.4, -0.2) is 11.0 Å². The van der Waals surface area contributed by atoms with E-state index < -0.39 is 5.97 Å². The fourth-order valence-electron chi connectivity index (χ4n) is 3.23. The number of nitrogens with zero attached hydrogens (tertiary/aromatic N) is 1. The van der Waals surface area contributed by atoms with Crippen LogP contribution in [0.1, 0.15) is 48.5 Å². The Balaban J connectivity index is 1.57. The number of ether oxygens (including phenoxy) is 1. The number of halogens is 1. The molecule has 0 saturated carbocycles. The van der Waals surface area contributed by atoms with Crippen LogP contribution >= 0.6 is 11.3 Å². The summed E-state index contributed by atoms with van der Waals surface area (Å²) in [6, 6.07) is 18.3. The van der Waals surface area contributed by atoms with Crippen molar-refractivity contribution in [1.82, 2.24) is 4.98 Å². The molecule has 0 bridgehead atoms. The number of carbonyl (C=O) groups is 1. The number of hydrogen-bond donors (Lipinski definition) is 0. The number of aromatic nitrogens is 1. The molecule has 32 heavy (non-hydrogen) atoms. The molecule has 0 saturated heterocycles. The van der Waals surface area contributed by atoms with Crippen molar-refractivity contribution >= 4 is 23.4 Å². The Labute approximate surface area is 191 Å². The van der Waals surface area contributed by atoms with Gasteiger partial charge in [0.1, 0.15) is 12.4 Å². The zero-order chi connectivity index (χ0) is 22.9. The molecule has 166 valence electrons. The average Bonchev–Trinajstić information content (AvgIpc) is 3.27. The molecule has 4 nitrogen and oxygen atoms in total. The quantitative estimate of drug-likeness (QED) is 0.264. The van der Waals surface area contributed by atoms with Gasteiger partial charge >= 0.3 is 5.97 Å². The van der Waals surface area contributed by atoms with Gasteiger partial charge in [0, 0.05) is 21.4 Å². The third-order valence-corrected chi connectivity index (χ3v) is 5.98. The zero-order valence-electron chi connectivity index (χ0n) is 18.4. The molecule has 0 N–H and O–H groups in total. The van der Waals surface area contributed by atoms with Crippen molar-refractivity contribution in [3.8, 4) is 5.75 Å². The van der Waals surface area contributed by atoms with E-state index in [9.17, 15) is 9.32 Å². The molecule has 3 aromatic rings. The average molecular weight is 452 g/mol. The molecule has 0 fully saturated rings. The van der Waals surface area contributed by atoms with E-state index in [1.165, 1.54) is 12.5 Å². The lowest BCUT2D eigenvalue weighted by molar-refractivity contribution is -0.178. The van der Waals surface area contributed by atoms with E-state index in [1.807, 2.05) is 60.8 Å². The molecule has 0 radical (unpaired) electrons. The second kappa shape index (κ2) is 11.4. The predicted octanol–water partition coefficient (Wildman–Crippen LogP) is 6.85. The Bertz CT molecular complexity index is 1090. The summed E-state index contributed by atoms with van der Waals surface area (Å²) in [5.74, 6) is 0.126. The number of thiazole rings is 1. The maximum Gasteiger partial charge on any atom is 0.375 e. The topological polar surface area (TPSA) is 48.4 Å². The molecule has 0 aliphatic carbocycles. The summed E-state index contributed by atoms with van der Waals surface area (Å²) >= 11 is 1.60. The second-order valence-corrected chi connectivity index (χ2v) is 8.60. The third-order valence-electron chi connectivity index (χ3n) is 4.89. The van der Waals surface area contributed by atoms with E-state index in [-0.39, 0.29) is 11.5 Å². The highest BCUT2D eigenvalue weighted by Gasteiger charge is 2.12. The summed E-state index contributed by atoms with van der Waals surface area (Å²) in [4.78, 5) is 19.1. The Hall–Kier alpha value is -3.25. The molecule has 1 atom stereocenters. The van der Waals surface area contributed by atoms with Crippen molar-refractivity contribution in [1.29, 1.82) is 0 Å². The highest BCUT2D eigenvalue weighted by Crippen LogP contribution is 2.26. The molecule has 1 heterocycles. The van der Waals surface area contributed by atoms with E-state index in [2.05, 4.69) is 24.0 Å². The van der Waals surface area contributed by atoms with Gasteiger partial charge in [0.15, 0.2) is 0 Å².